The molecular formula is C22H19BrN4O3. The predicted octanol–water partition coefficient (Wildman–Crippen LogP) is 4.15. The van der Waals surface area contributed by atoms with Crippen molar-refractivity contribution in [2.75, 3.05) is 11.9 Å². The summed E-state index contributed by atoms with van der Waals surface area (Å²) in [6, 6.07) is 16.0. The molecule has 2 N–H and O–H groups in total. The second-order valence-corrected chi connectivity index (χ2v) is 7.48. The molecule has 4 rings (SSSR count). The molecule has 0 bridgehead atoms. The van der Waals surface area contributed by atoms with E-state index in [0.29, 0.717) is 29.2 Å². The summed E-state index contributed by atoms with van der Waals surface area (Å²) in [6.07, 6.45) is 2.40. The number of amides is 2. The first-order chi connectivity index (χ1) is 14.6. The summed E-state index contributed by atoms with van der Waals surface area (Å²) in [4.78, 5) is 30.1. The van der Waals surface area contributed by atoms with Gasteiger partial charge in [0, 0.05) is 33.7 Å². The van der Waals surface area contributed by atoms with Crippen LogP contribution in [0.4, 0.5) is 5.69 Å². The number of benzene rings is 2. The van der Waals surface area contributed by atoms with Crippen molar-refractivity contribution in [1.29, 1.82) is 0 Å². The molecule has 152 valence electrons. The molecule has 0 saturated carbocycles. The van der Waals surface area contributed by atoms with Crippen LogP contribution in [0, 0.1) is 0 Å². The maximum absolute atomic E-state index is 13.4. The first kappa shape index (κ1) is 19.9. The van der Waals surface area contributed by atoms with Gasteiger partial charge in [0.1, 0.15) is 5.75 Å². The van der Waals surface area contributed by atoms with Crippen LogP contribution < -0.4 is 15.5 Å². The first-order valence-corrected chi connectivity index (χ1v) is 10.2. The summed E-state index contributed by atoms with van der Waals surface area (Å²) in [5.41, 5.74) is 5.00. The Bertz CT molecular complexity index is 1090. The van der Waals surface area contributed by atoms with Crippen molar-refractivity contribution in [3.63, 3.8) is 0 Å². The number of aromatic nitrogens is 1. The largest absolute Gasteiger partial charge is 0.493 e. The van der Waals surface area contributed by atoms with Gasteiger partial charge >= 0.3 is 0 Å². The molecule has 8 heteroatoms. The Labute approximate surface area is 182 Å². The van der Waals surface area contributed by atoms with Crippen LogP contribution in [0.1, 0.15) is 39.4 Å². The molecule has 0 radical (unpaired) electrons. The van der Waals surface area contributed by atoms with Crippen molar-refractivity contribution in [2.45, 2.75) is 13.1 Å². The van der Waals surface area contributed by atoms with E-state index < -0.39 is 12.1 Å². The summed E-state index contributed by atoms with van der Waals surface area (Å²) in [7, 11) is 0. The number of anilines is 1. The van der Waals surface area contributed by atoms with Crippen molar-refractivity contribution in [2.24, 2.45) is 0 Å². The van der Waals surface area contributed by atoms with Crippen molar-refractivity contribution < 1.29 is 14.3 Å². The maximum atomic E-state index is 13.4. The highest BCUT2D eigenvalue weighted by Crippen LogP contribution is 2.37. The number of hydrogen-bond donors (Lipinski definition) is 2. The van der Waals surface area contributed by atoms with Crippen molar-refractivity contribution in [3.8, 4) is 5.75 Å². The van der Waals surface area contributed by atoms with Crippen molar-refractivity contribution in [1.82, 2.24) is 15.4 Å². The summed E-state index contributed by atoms with van der Waals surface area (Å²) < 4.78 is 6.53. The van der Waals surface area contributed by atoms with Crippen LogP contribution in [0.3, 0.4) is 0 Å². The highest BCUT2D eigenvalue weighted by Gasteiger charge is 2.36. The van der Waals surface area contributed by atoms with E-state index >= 15 is 0 Å². The highest BCUT2D eigenvalue weighted by molar-refractivity contribution is 9.10. The van der Waals surface area contributed by atoms with Gasteiger partial charge < -0.3 is 10.1 Å². The zero-order valence-electron chi connectivity index (χ0n) is 16.1. The Kier molecular flexibility index (Phi) is 5.67. The molecule has 3 aromatic rings. The number of halogens is 1. The molecule has 7 nitrogen and oxygen atoms in total. The number of hydrazine groups is 1. The van der Waals surface area contributed by atoms with Crippen LogP contribution in [0.25, 0.3) is 0 Å². The minimum absolute atomic E-state index is 0.330. The van der Waals surface area contributed by atoms with Crippen molar-refractivity contribution >= 4 is 33.4 Å². The molecule has 0 spiro atoms. The van der Waals surface area contributed by atoms with Gasteiger partial charge in [0.15, 0.2) is 6.17 Å². The molecule has 0 fully saturated rings. The van der Waals surface area contributed by atoms with Gasteiger partial charge in [0.2, 0.25) is 0 Å². The molecule has 2 heterocycles. The quantitative estimate of drug-likeness (QED) is 0.589. The van der Waals surface area contributed by atoms with Gasteiger partial charge in [-0.1, -0.05) is 34.1 Å². The number of nitrogens with one attached hydrogen (secondary N) is 2. The molecule has 0 saturated heterocycles. The van der Waals surface area contributed by atoms with E-state index in [0.717, 1.165) is 10.0 Å². The fraction of sp³-hybridized carbons (Fsp3) is 0.136. The van der Waals surface area contributed by atoms with Crippen LogP contribution in [0.15, 0.2) is 71.5 Å². The van der Waals surface area contributed by atoms with Crippen LogP contribution in [-0.2, 0) is 0 Å². The Balaban J connectivity index is 1.76. The third kappa shape index (κ3) is 3.86. The van der Waals surface area contributed by atoms with E-state index in [4.69, 9.17) is 4.74 Å². The van der Waals surface area contributed by atoms with E-state index in [9.17, 15) is 9.59 Å². The summed E-state index contributed by atoms with van der Waals surface area (Å²) in [6.45, 7) is 2.37. The van der Waals surface area contributed by atoms with Crippen LogP contribution in [0.2, 0.25) is 0 Å². The Morgan fingerprint density at radius 3 is 2.73 bits per heavy atom. The third-order valence-electron chi connectivity index (χ3n) is 4.66. The summed E-state index contributed by atoms with van der Waals surface area (Å²) >= 11 is 3.40. The van der Waals surface area contributed by atoms with Gasteiger partial charge in [-0.05, 0) is 43.3 Å². The molecule has 1 aromatic heterocycles. The average molecular weight is 467 g/mol. The van der Waals surface area contributed by atoms with Crippen LogP contribution >= 0.6 is 15.9 Å². The molecule has 0 aliphatic carbocycles. The molecular weight excluding hydrogens is 448 g/mol. The lowest BCUT2D eigenvalue weighted by Crippen LogP contribution is -2.53. The second kappa shape index (κ2) is 8.54. The van der Waals surface area contributed by atoms with Crippen molar-refractivity contribution in [3.05, 3.63) is 88.2 Å². The number of fused-ring (bicyclic) bond motifs is 1. The maximum Gasteiger partial charge on any atom is 0.276 e. The predicted molar refractivity (Wildman–Crippen MR) is 116 cm³/mol. The van der Waals surface area contributed by atoms with E-state index in [-0.39, 0.29) is 5.91 Å². The third-order valence-corrected chi connectivity index (χ3v) is 5.15. The molecule has 1 aliphatic rings. The van der Waals surface area contributed by atoms with Gasteiger partial charge in [-0.3, -0.25) is 20.0 Å². The van der Waals surface area contributed by atoms with Gasteiger partial charge in [0.25, 0.3) is 11.8 Å². The monoisotopic (exact) mass is 466 g/mol. The zero-order chi connectivity index (χ0) is 21.1. The molecule has 2 aromatic carbocycles. The lowest BCUT2D eigenvalue weighted by molar-refractivity contribution is 0.0488. The Morgan fingerprint density at radius 2 is 1.97 bits per heavy atom. The van der Waals surface area contributed by atoms with Crippen LogP contribution in [-0.4, -0.2) is 28.4 Å². The number of pyridine rings is 1. The van der Waals surface area contributed by atoms with Crippen LogP contribution in [0.5, 0.6) is 5.75 Å². The number of para-hydroxylation sites is 1. The number of nitrogens with zero attached hydrogens (tertiary/aromatic N) is 2. The smallest absolute Gasteiger partial charge is 0.276 e. The lowest BCUT2D eigenvalue weighted by atomic mass is 10.0. The second-order valence-electron chi connectivity index (χ2n) is 6.56. The Hall–Kier alpha value is -3.39. The molecule has 30 heavy (non-hydrogen) atoms. The van der Waals surface area contributed by atoms with E-state index in [1.165, 1.54) is 17.4 Å². The minimum Gasteiger partial charge on any atom is -0.493 e. The van der Waals surface area contributed by atoms with E-state index in [1.807, 2.05) is 43.3 Å². The van der Waals surface area contributed by atoms with Gasteiger partial charge in [-0.25, -0.2) is 5.01 Å². The number of carbonyl (C=O) groups excluding carboxylic acids is 2. The van der Waals surface area contributed by atoms with E-state index in [1.54, 1.807) is 18.2 Å². The molecule has 1 aliphatic heterocycles. The fourth-order valence-corrected chi connectivity index (χ4v) is 3.64. The highest BCUT2D eigenvalue weighted by atomic mass is 79.9. The van der Waals surface area contributed by atoms with Gasteiger partial charge in [-0.2, -0.15) is 0 Å². The topological polar surface area (TPSA) is 83.6 Å². The molecule has 2 amide bonds. The molecule has 1 atom stereocenters. The number of ether oxygens (including phenoxy) is 1. The normalized spacial score (nSPS) is 15.2. The lowest BCUT2D eigenvalue weighted by Gasteiger charge is -2.38. The SMILES string of the molecule is CCOc1ccccc1[C@@H]1Nc2ccc(Br)cc2C(=O)N1NC(=O)c1ccncc1. The number of rotatable bonds is 5. The first-order valence-electron chi connectivity index (χ1n) is 9.41. The fourth-order valence-electron chi connectivity index (χ4n) is 3.28. The summed E-state index contributed by atoms with van der Waals surface area (Å²) in [5, 5.41) is 4.65. The summed E-state index contributed by atoms with van der Waals surface area (Å²) in [5.74, 6) is -0.109. The molecule has 0 unspecified atom stereocenters. The number of carbonyl (C=O) groups is 2. The van der Waals surface area contributed by atoms with E-state index in [2.05, 4.69) is 31.7 Å². The van der Waals surface area contributed by atoms with Gasteiger partial charge in [-0.15, -0.1) is 0 Å². The standard InChI is InChI=1S/C22H19BrN4O3/c1-2-30-19-6-4-3-5-16(19)20-25-18-8-7-15(23)13-17(18)22(29)27(20)26-21(28)14-9-11-24-12-10-14/h3-13,20,25H,2H2,1H3,(H,26,28)/t20-/m1/s1. The zero-order valence-corrected chi connectivity index (χ0v) is 17.7. The number of hydrogen-bond acceptors (Lipinski definition) is 5. The minimum atomic E-state index is -0.653. The van der Waals surface area contributed by atoms with Gasteiger partial charge in [0.05, 0.1) is 12.2 Å². The average Bonchev–Trinajstić information content (AvgIpc) is 2.77. The Morgan fingerprint density at radius 1 is 1.20 bits per heavy atom.